The molecule has 0 aliphatic carbocycles. The summed E-state index contributed by atoms with van der Waals surface area (Å²) in [6, 6.07) is 13.5. The number of benzene rings is 2. The van der Waals surface area contributed by atoms with E-state index in [1.807, 2.05) is 42.1 Å². The summed E-state index contributed by atoms with van der Waals surface area (Å²) in [5.74, 6) is 1.83. The normalized spacial score (nSPS) is 12.1. The van der Waals surface area contributed by atoms with Crippen molar-refractivity contribution in [2.45, 2.75) is 6.04 Å². The molecule has 8 nitrogen and oxygen atoms in total. The molecule has 0 radical (unpaired) electrons. The molecule has 160 valence electrons. The van der Waals surface area contributed by atoms with E-state index in [0.29, 0.717) is 17.2 Å². The number of para-hydroxylation sites is 1. The molecule has 0 bridgehead atoms. The van der Waals surface area contributed by atoms with Crippen molar-refractivity contribution in [3.05, 3.63) is 90.7 Å². The Balaban J connectivity index is 1.61. The number of ether oxygens (including phenoxy) is 1. The number of aryl methyl sites for hydroxylation is 1. The Kier molecular flexibility index (Phi) is 4.98. The van der Waals surface area contributed by atoms with Crippen LogP contribution in [-0.2, 0) is 7.05 Å². The number of nitrogens with zero attached hydrogens (tertiary/aromatic N) is 6. The third kappa shape index (κ3) is 3.43. The van der Waals surface area contributed by atoms with Gasteiger partial charge in [-0.25, -0.2) is 24.0 Å². The number of anilines is 1. The predicted molar refractivity (Wildman–Crippen MR) is 118 cm³/mol. The zero-order valence-corrected chi connectivity index (χ0v) is 17.5. The van der Waals surface area contributed by atoms with Gasteiger partial charge in [0.15, 0.2) is 5.65 Å². The molecule has 9 heteroatoms. The van der Waals surface area contributed by atoms with E-state index in [2.05, 4.69) is 25.4 Å². The lowest BCUT2D eigenvalue weighted by atomic mass is 10.0. The van der Waals surface area contributed by atoms with Gasteiger partial charge in [-0.2, -0.15) is 5.10 Å². The number of hydrogen-bond donors (Lipinski definition) is 1. The molecule has 1 unspecified atom stereocenters. The first-order chi connectivity index (χ1) is 15.7. The van der Waals surface area contributed by atoms with Gasteiger partial charge >= 0.3 is 0 Å². The van der Waals surface area contributed by atoms with Gasteiger partial charge in [0.2, 0.25) is 0 Å². The molecule has 0 aliphatic rings. The van der Waals surface area contributed by atoms with Crippen LogP contribution in [0.5, 0.6) is 5.75 Å². The number of aromatic nitrogens is 6. The first kappa shape index (κ1) is 19.7. The minimum Gasteiger partial charge on any atom is -0.496 e. The molecule has 32 heavy (non-hydrogen) atoms. The van der Waals surface area contributed by atoms with Crippen LogP contribution in [0.2, 0.25) is 0 Å². The van der Waals surface area contributed by atoms with E-state index >= 15 is 0 Å². The highest BCUT2D eigenvalue weighted by molar-refractivity contribution is 5.87. The van der Waals surface area contributed by atoms with E-state index in [1.54, 1.807) is 36.3 Å². The molecule has 1 atom stereocenters. The number of fused-ring (bicyclic) bond motifs is 1. The lowest BCUT2D eigenvalue weighted by Crippen LogP contribution is -2.18. The zero-order valence-electron chi connectivity index (χ0n) is 17.5. The molecule has 3 heterocycles. The molecule has 3 aromatic heterocycles. The molecule has 5 aromatic rings. The molecule has 0 amide bonds. The Labute approximate surface area is 183 Å². The van der Waals surface area contributed by atoms with Gasteiger partial charge in [-0.05, 0) is 30.3 Å². The quantitative estimate of drug-likeness (QED) is 0.441. The first-order valence-corrected chi connectivity index (χ1v) is 9.97. The fraction of sp³-hybridized carbons (Fsp3) is 0.130. The average molecular weight is 429 g/mol. The standard InChI is InChI=1S/C23H20FN7O/c1-30-12-11-25-23(30)20(17-5-3-4-6-19(17)32-2)29-21-18-13-28-31(22(18)27-14-26-21)16-9-7-15(24)8-10-16/h3-14,20H,1-2H3,(H,26,27,29). The van der Waals surface area contributed by atoms with Gasteiger partial charge < -0.3 is 14.6 Å². The smallest absolute Gasteiger partial charge is 0.168 e. The van der Waals surface area contributed by atoms with Crippen LogP contribution < -0.4 is 10.1 Å². The Morgan fingerprint density at radius 1 is 1.03 bits per heavy atom. The molecule has 0 spiro atoms. The van der Waals surface area contributed by atoms with Crippen LogP contribution in [0.15, 0.2) is 73.4 Å². The van der Waals surface area contributed by atoms with Crippen LogP contribution in [0, 0.1) is 5.82 Å². The number of methoxy groups -OCH3 is 1. The molecule has 0 fully saturated rings. The van der Waals surface area contributed by atoms with Gasteiger partial charge in [-0.15, -0.1) is 0 Å². The number of nitrogens with one attached hydrogen (secondary N) is 1. The van der Waals surface area contributed by atoms with Crippen molar-refractivity contribution in [3.63, 3.8) is 0 Å². The van der Waals surface area contributed by atoms with E-state index in [4.69, 9.17) is 4.74 Å². The molecule has 5 rings (SSSR count). The Morgan fingerprint density at radius 3 is 2.59 bits per heavy atom. The van der Waals surface area contributed by atoms with Crippen molar-refractivity contribution in [2.75, 3.05) is 12.4 Å². The van der Waals surface area contributed by atoms with Crippen molar-refractivity contribution in [3.8, 4) is 11.4 Å². The predicted octanol–water partition coefficient (Wildman–Crippen LogP) is 3.90. The molecular formula is C23H20FN7O. The Morgan fingerprint density at radius 2 is 1.84 bits per heavy atom. The van der Waals surface area contributed by atoms with Crippen LogP contribution in [0.1, 0.15) is 17.4 Å². The maximum Gasteiger partial charge on any atom is 0.168 e. The molecule has 2 aromatic carbocycles. The molecule has 1 N–H and O–H groups in total. The lowest BCUT2D eigenvalue weighted by Gasteiger charge is -2.22. The molecule has 0 aliphatic heterocycles. The molecule has 0 saturated heterocycles. The SMILES string of the molecule is COc1ccccc1C(Nc1ncnc2c1cnn2-c1ccc(F)cc1)c1nccn1C. The van der Waals surface area contributed by atoms with Crippen LogP contribution >= 0.6 is 0 Å². The van der Waals surface area contributed by atoms with Gasteiger partial charge in [0.05, 0.1) is 24.4 Å². The van der Waals surface area contributed by atoms with Gasteiger partial charge in [0, 0.05) is 25.0 Å². The molecule has 0 saturated carbocycles. The maximum absolute atomic E-state index is 13.4. The fourth-order valence-electron chi connectivity index (χ4n) is 3.71. The van der Waals surface area contributed by atoms with Crippen molar-refractivity contribution in [2.24, 2.45) is 7.05 Å². The van der Waals surface area contributed by atoms with E-state index in [9.17, 15) is 4.39 Å². The van der Waals surface area contributed by atoms with Crippen LogP contribution in [0.3, 0.4) is 0 Å². The second-order valence-electron chi connectivity index (χ2n) is 7.21. The summed E-state index contributed by atoms with van der Waals surface area (Å²) in [5, 5.41) is 8.69. The van der Waals surface area contributed by atoms with Crippen LogP contribution in [-0.4, -0.2) is 36.4 Å². The van der Waals surface area contributed by atoms with Crippen molar-refractivity contribution in [1.82, 2.24) is 29.3 Å². The maximum atomic E-state index is 13.4. The van der Waals surface area contributed by atoms with Crippen molar-refractivity contribution >= 4 is 16.9 Å². The van der Waals surface area contributed by atoms with E-state index in [1.165, 1.54) is 18.5 Å². The van der Waals surface area contributed by atoms with Crippen LogP contribution in [0.4, 0.5) is 10.2 Å². The number of rotatable bonds is 6. The zero-order chi connectivity index (χ0) is 22.1. The van der Waals surface area contributed by atoms with Gasteiger partial charge in [-0.3, -0.25) is 0 Å². The highest BCUT2D eigenvalue weighted by atomic mass is 19.1. The van der Waals surface area contributed by atoms with Gasteiger partial charge in [-0.1, -0.05) is 18.2 Å². The van der Waals surface area contributed by atoms with Crippen molar-refractivity contribution in [1.29, 1.82) is 0 Å². The molecular weight excluding hydrogens is 409 g/mol. The van der Waals surface area contributed by atoms with E-state index < -0.39 is 0 Å². The first-order valence-electron chi connectivity index (χ1n) is 9.97. The highest BCUT2D eigenvalue weighted by Crippen LogP contribution is 2.33. The topological polar surface area (TPSA) is 82.7 Å². The largest absolute Gasteiger partial charge is 0.496 e. The lowest BCUT2D eigenvalue weighted by molar-refractivity contribution is 0.408. The van der Waals surface area contributed by atoms with Gasteiger partial charge in [0.25, 0.3) is 0 Å². The summed E-state index contributed by atoms with van der Waals surface area (Å²) in [4.78, 5) is 13.4. The Hall–Kier alpha value is -4.27. The second kappa shape index (κ2) is 8.10. The minimum absolute atomic E-state index is 0.308. The van der Waals surface area contributed by atoms with E-state index in [0.717, 1.165) is 22.5 Å². The van der Waals surface area contributed by atoms with Gasteiger partial charge in [0.1, 0.15) is 35.6 Å². The summed E-state index contributed by atoms with van der Waals surface area (Å²) in [6.45, 7) is 0. The van der Waals surface area contributed by atoms with Crippen LogP contribution in [0.25, 0.3) is 16.7 Å². The summed E-state index contributed by atoms with van der Waals surface area (Å²) >= 11 is 0. The second-order valence-corrected chi connectivity index (χ2v) is 7.21. The van der Waals surface area contributed by atoms with Crippen molar-refractivity contribution < 1.29 is 9.13 Å². The number of imidazole rings is 1. The summed E-state index contributed by atoms with van der Waals surface area (Å²) in [6.07, 6.45) is 6.81. The average Bonchev–Trinajstić information content (AvgIpc) is 3.45. The minimum atomic E-state index is -0.335. The number of halogens is 1. The van der Waals surface area contributed by atoms with E-state index in [-0.39, 0.29) is 11.9 Å². The third-order valence-electron chi connectivity index (χ3n) is 5.28. The Bertz CT molecular complexity index is 1380. The summed E-state index contributed by atoms with van der Waals surface area (Å²) in [5.41, 5.74) is 2.23. The number of hydrogen-bond acceptors (Lipinski definition) is 6. The fourth-order valence-corrected chi connectivity index (χ4v) is 3.71. The highest BCUT2D eigenvalue weighted by Gasteiger charge is 2.24. The third-order valence-corrected chi connectivity index (χ3v) is 5.28. The summed E-state index contributed by atoms with van der Waals surface area (Å²) in [7, 11) is 3.58. The monoisotopic (exact) mass is 429 g/mol. The summed E-state index contributed by atoms with van der Waals surface area (Å²) < 4.78 is 22.6.